The molecular formula is C13H19FN2O2. The second kappa shape index (κ2) is 5.82. The minimum atomic E-state index is -1.10. The number of ether oxygens (including phenoxy) is 1. The second-order valence-electron chi connectivity index (χ2n) is 4.40. The molecule has 0 aliphatic carbocycles. The van der Waals surface area contributed by atoms with E-state index < -0.39 is 11.5 Å². The van der Waals surface area contributed by atoms with Gasteiger partial charge in [0.1, 0.15) is 11.4 Å². The number of hydrogen-bond donors (Lipinski definition) is 1. The first kappa shape index (κ1) is 14.4. The Bertz CT molecular complexity index is 404. The van der Waals surface area contributed by atoms with Gasteiger partial charge in [0.25, 0.3) is 0 Å². The first-order valence-corrected chi connectivity index (χ1v) is 5.78. The molecule has 100 valence electrons. The molecule has 4 nitrogen and oxygen atoms in total. The van der Waals surface area contributed by atoms with Crippen LogP contribution in [0.4, 0.5) is 10.1 Å². The van der Waals surface area contributed by atoms with E-state index in [2.05, 4.69) is 4.74 Å². The van der Waals surface area contributed by atoms with E-state index in [-0.39, 0.29) is 5.82 Å². The predicted octanol–water partition coefficient (Wildman–Crippen LogP) is 1.54. The van der Waals surface area contributed by atoms with E-state index in [0.717, 1.165) is 5.69 Å². The van der Waals surface area contributed by atoms with Crippen LogP contribution in [0.25, 0.3) is 0 Å². The van der Waals surface area contributed by atoms with Crippen LogP contribution in [-0.4, -0.2) is 31.7 Å². The number of methoxy groups -OCH3 is 1. The highest BCUT2D eigenvalue weighted by Gasteiger charge is 2.31. The Morgan fingerprint density at radius 2 is 2.00 bits per heavy atom. The maximum Gasteiger partial charge on any atom is 0.327 e. The van der Waals surface area contributed by atoms with Crippen LogP contribution >= 0.6 is 0 Å². The Balaban J connectivity index is 2.85. The zero-order valence-electron chi connectivity index (χ0n) is 10.9. The van der Waals surface area contributed by atoms with Gasteiger partial charge in [-0.05, 0) is 38.1 Å². The van der Waals surface area contributed by atoms with Crippen LogP contribution in [-0.2, 0) is 9.53 Å². The van der Waals surface area contributed by atoms with E-state index in [1.807, 2.05) is 11.8 Å². The van der Waals surface area contributed by atoms with Gasteiger partial charge in [-0.25, -0.2) is 4.39 Å². The van der Waals surface area contributed by atoms with Gasteiger partial charge in [0.15, 0.2) is 0 Å². The third kappa shape index (κ3) is 3.43. The van der Waals surface area contributed by atoms with E-state index in [4.69, 9.17) is 5.73 Å². The van der Waals surface area contributed by atoms with Gasteiger partial charge >= 0.3 is 5.97 Å². The van der Waals surface area contributed by atoms with Crippen molar-refractivity contribution in [1.82, 2.24) is 0 Å². The molecule has 5 heteroatoms. The number of nitrogens with zero attached hydrogens (tertiary/aromatic N) is 1. The topological polar surface area (TPSA) is 55.6 Å². The zero-order valence-corrected chi connectivity index (χ0v) is 10.9. The smallest absolute Gasteiger partial charge is 0.327 e. The molecule has 0 spiro atoms. The fourth-order valence-electron chi connectivity index (χ4n) is 1.73. The molecule has 0 saturated carbocycles. The zero-order chi connectivity index (χ0) is 13.8. The number of hydrogen-bond acceptors (Lipinski definition) is 4. The average Bonchev–Trinajstić information content (AvgIpc) is 2.36. The van der Waals surface area contributed by atoms with Gasteiger partial charge in [-0.2, -0.15) is 0 Å². The molecule has 0 aliphatic rings. The molecule has 0 amide bonds. The summed E-state index contributed by atoms with van der Waals surface area (Å²) < 4.78 is 17.5. The lowest BCUT2D eigenvalue weighted by Crippen LogP contribution is -2.54. The van der Waals surface area contributed by atoms with Crippen molar-refractivity contribution in [3.63, 3.8) is 0 Å². The average molecular weight is 254 g/mol. The number of carbonyl (C=O) groups excluding carboxylic acids is 1. The van der Waals surface area contributed by atoms with Crippen LogP contribution in [0.1, 0.15) is 13.8 Å². The molecule has 0 heterocycles. The van der Waals surface area contributed by atoms with Crippen LogP contribution in [0.2, 0.25) is 0 Å². The Kier molecular flexibility index (Phi) is 4.67. The third-order valence-electron chi connectivity index (χ3n) is 2.74. The van der Waals surface area contributed by atoms with Gasteiger partial charge in [-0.3, -0.25) is 4.79 Å². The Hall–Kier alpha value is -1.62. The molecule has 0 fully saturated rings. The number of nitrogens with two attached hydrogens (primary N) is 1. The molecule has 0 bridgehead atoms. The number of anilines is 1. The molecule has 0 aromatic heterocycles. The van der Waals surface area contributed by atoms with Gasteiger partial charge < -0.3 is 15.4 Å². The van der Waals surface area contributed by atoms with Crippen molar-refractivity contribution in [2.45, 2.75) is 19.4 Å². The molecule has 1 atom stereocenters. The van der Waals surface area contributed by atoms with E-state index in [1.54, 1.807) is 19.1 Å². The highest BCUT2D eigenvalue weighted by atomic mass is 19.1. The lowest BCUT2D eigenvalue weighted by atomic mass is 10.0. The van der Waals surface area contributed by atoms with Crippen molar-refractivity contribution in [1.29, 1.82) is 0 Å². The van der Waals surface area contributed by atoms with Gasteiger partial charge in [0.05, 0.1) is 7.11 Å². The molecule has 1 aromatic carbocycles. The second-order valence-corrected chi connectivity index (χ2v) is 4.40. The van der Waals surface area contributed by atoms with E-state index in [1.165, 1.54) is 19.2 Å². The SMILES string of the molecule is CCN(CC(C)(N)C(=O)OC)c1ccc(F)cc1. The highest BCUT2D eigenvalue weighted by Crippen LogP contribution is 2.17. The van der Waals surface area contributed by atoms with E-state index in [9.17, 15) is 9.18 Å². The first-order valence-electron chi connectivity index (χ1n) is 5.78. The lowest BCUT2D eigenvalue weighted by molar-refractivity contribution is -0.146. The molecule has 1 unspecified atom stereocenters. The summed E-state index contributed by atoms with van der Waals surface area (Å²) in [6.07, 6.45) is 0. The molecule has 0 aliphatic heterocycles. The van der Waals surface area contributed by atoms with Crippen molar-refractivity contribution in [2.75, 3.05) is 25.1 Å². The molecular weight excluding hydrogens is 235 g/mol. The Morgan fingerprint density at radius 1 is 1.44 bits per heavy atom. The maximum absolute atomic E-state index is 12.9. The van der Waals surface area contributed by atoms with Gasteiger partial charge in [-0.15, -0.1) is 0 Å². The van der Waals surface area contributed by atoms with Crippen molar-refractivity contribution in [2.24, 2.45) is 5.73 Å². The summed E-state index contributed by atoms with van der Waals surface area (Å²) in [6.45, 7) is 4.53. The number of carbonyl (C=O) groups is 1. The normalized spacial score (nSPS) is 13.8. The number of esters is 1. The summed E-state index contributed by atoms with van der Waals surface area (Å²) in [4.78, 5) is 13.4. The van der Waals surface area contributed by atoms with Crippen LogP contribution in [0, 0.1) is 5.82 Å². The maximum atomic E-state index is 12.9. The highest BCUT2D eigenvalue weighted by molar-refractivity contribution is 5.80. The summed E-state index contributed by atoms with van der Waals surface area (Å²) in [5.41, 5.74) is 5.65. The van der Waals surface area contributed by atoms with Gasteiger partial charge in [0.2, 0.25) is 0 Å². The largest absolute Gasteiger partial charge is 0.468 e. The standard InChI is InChI=1S/C13H19FN2O2/c1-4-16(9-13(2,15)12(17)18-3)11-7-5-10(14)6-8-11/h5-8H,4,9,15H2,1-3H3. The minimum Gasteiger partial charge on any atom is -0.468 e. The molecule has 0 radical (unpaired) electrons. The summed E-state index contributed by atoms with van der Waals surface area (Å²) in [5, 5.41) is 0. The lowest BCUT2D eigenvalue weighted by Gasteiger charge is -2.31. The number of likely N-dealkylation sites (N-methyl/N-ethyl adjacent to an activating group) is 1. The number of halogens is 1. The van der Waals surface area contributed by atoms with E-state index >= 15 is 0 Å². The Morgan fingerprint density at radius 3 is 2.44 bits per heavy atom. The van der Waals surface area contributed by atoms with Crippen LogP contribution < -0.4 is 10.6 Å². The summed E-state index contributed by atoms with van der Waals surface area (Å²) >= 11 is 0. The van der Waals surface area contributed by atoms with Crippen LogP contribution in [0.3, 0.4) is 0 Å². The van der Waals surface area contributed by atoms with Crippen LogP contribution in [0.15, 0.2) is 24.3 Å². The fraction of sp³-hybridized carbons (Fsp3) is 0.462. The number of benzene rings is 1. The first-order chi connectivity index (χ1) is 8.40. The van der Waals surface area contributed by atoms with Gasteiger partial charge in [0, 0.05) is 18.8 Å². The molecule has 1 aromatic rings. The molecule has 2 N–H and O–H groups in total. The predicted molar refractivity (Wildman–Crippen MR) is 68.9 cm³/mol. The fourth-order valence-corrected chi connectivity index (χ4v) is 1.73. The van der Waals surface area contributed by atoms with Crippen molar-refractivity contribution >= 4 is 11.7 Å². The summed E-state index contributed by atoms with van der Waals surface area (Å²) in [6, 6.07) is 6.08. The van der Waals surface area contributed by atoms with Gasteiger partial charge in [-0.1, -0.05) is 0 Å². The van der Waals surface area contributed by atoms with Crippen LogP contribution in [0.5, 0.6) is 0 Å². The van der Waals surface area contributed by atoms with Crippen molar-refractivity contribution in [3.8, 4) is 0 Å². The number of rotatable bonds is 5. The molecule has 18 heavy (non-hydrogen) atoms. The summed E-state index contributed by atoms with van der Waals surface area (Å²) in [5.74, 6) is -0.763. The molecule has 0 saturated heterocycles. The summed E-state index contributed by atoms with van der Waals surface area (Å²) in [7, 11) is 1.31. The van der Waals surface area contributed by atoms with E-state index in [0.29, 0.717) is 13.1 Å². The minimum absolute atomic E-state index is 0.293. The Labute approximate surface area is 107 Å². The monoisotopic (exact) mass is 254 g/mol. The molecule has 1 rings (SSSR count). The van der Waals surface area contributed by atoms with Crippen molar-refractivity contribution < 1.29 is 13.9 Å². The van der Waals surface area contributed by atoms with Crippen molar-refractivity contribution in [3.05, 3.63) is 30.1 Å². The quantitative estimate of drug-likeness (QED) is 0.810. The third-order valence-corrected chi connectivity index (χ3v) is 2.74.